The maximum Gasteiger partial charge on any atom is 0.124 e. The number of nitrogens with zero attached hydrogens (tertiary/aromatic N) is 1. The molecule has 4 heteroatoms. The van der Waals surface area contributed by atoms with Crippen LogP contribution in [-0.4, -0.2) is 12.1 Å². The van der Waals surface area contributed by atoms with Crippen molar-refractivity contribution in [3.8, 4) is 5.75 Å². The summed E-state index contributed by atoms with van der Waals surface area (Å²) in [4.78, 5) is 4.31. The summed E-state index contributed by atoms with van der Waals surface area (Å²) in [6.07, 6.45) is 1.83. The maximum absolute atomic E-state index is 5.44. The van der Waals surface area contributed by atoms with Crippen molar-refractivity contribution in [2.75, 3.05) is 12.4 Å². The second-order valence-corrected chi connectivity index (χ2v) is 5.69. The number of halogens is 1. The van der Waals surface area contributed by atoms with E-state index in [0.717, 1.165) is 27.2 Å². The molecule has 0 bridgehead atoms. The number of aromatic nitrogens is 1. The van der Waals surface area contributed by atoms with Gasteiger partial charge in [-0.25, -0.2) is 4.98 Å². The molecule has 20 heavy (non-hydrogen) atoms. The van der Waals surface area contributed by atoms with Gasteiger partial charge in [0.2, 0.25) is 0 Å². The van der Waals surface area contributed by atoms with E-state index in [1.54, 1.807) is 7.11 Å². The first-order valence-electron chi connectivity index (χ1n) is 6.54. The number of aryl methyl sites for hydroxylation is 2. The Labute approximate surface area is 128 Å². The quantitative estimate of drug-likeness (QED) is 0.827. The number of methoxy groups -OCH3 is 1. The monoisotopic (exact) mass is 334 g/mol. The smallest absolute Gasteiger partial charge is 0.124 e. The molecule has 2 rings (SSSR count). The van der Waals surface area contributed by atoms with E-state index in [-0.39, 0.29) is 6.04 Å². The highest BCUT2D eigenvalue weighted by molar-refractivity contribution is 9.10. The van der Waals surface area contributed by atoms with Crippen LogP contribution in [0.1, 0.15) is 29.7 Å². The molecule has 2 aromatic rings. The fourth-order valence-corrected chi connectivity index (χ4v) is 2.37. The van der Waals surface area contributed by atoms with Crippen LogP contribution in [0, 0.1) is 13.8 Å². The van der Waals surface area contributed by atoms with Crippen LogP contribution in [-0.2, 0) is 0 Å². The van der Waals surface area contributed by atoms with Gasteiger partial charge in [-0.1, -0.05) is 17.7 Å². The van der Waals surface area contributed by atoms with E-state index in [1.807, 2.05) is 19.2 Å². The Hall–Kier alpha value is -1.55. The summed E-state index contributed by atoms with van der Waals surface area (Å²) in [6.45, 7) is 6.23. The topological polar surface area (TPSA) is 34.1 Å². The van der Waals surface area contributed by atoms with E-state index in [4.69, 9.17) is 4.74 Å². The molecule has 106 valence electrons. The molecule has 3 nitrogen and oxygen atoms in total. The van der Waals surface area contributed by atoms with E-state index in [0.29, 0.717) is 0 Å². The van der Waals surface area contributed by atoms with Crippen LogP contribution >= 0.6 is 15.9 Å². The van der Waals surface area contributed by atoms with Gasteiger partial charge in [-0.3, -0.25) is 0 Å². The Morgan fingerprint density at radius 1 is 1.25 bits per heavy atom. The highest BCUT2D eigenvalue weighted by atomic mass is 79.9. The molecule has 1 heterocycles. The van der Waals surface area contributed by atoms with Crippen molar-refractivity contribution in [2.45, 2.75) is 26.8 Å². The normalized spacial score (nSPS) is 12.1. The second-order valence-electron chi connectivity index (χ2n) is 4.94. The summed E-state index contributed by atoms with van der Waals surface area (Å²) in [5.74, 6) is 0.900. The molecular weight excluding hydrogens is 316 g/mol. The molecule has 0 saturated carbocycles. The summed E-state index contributed by atoms with van der Waals surface area (Å²) < 4.78 is 6.32. The van der Waals surface area contributed by atoms with Crippen LogP contribution in [0.2, 0.25) is 0 Å². The Balaban J connectivity index is 2.25. The zero-order valence-electron chi connectivity index (χ0n) is 12.2. The third-order valence-electron chi connectivity index (χ3n) is 3.25. The first kappa shape index (κ1) is 14.9. The van der Waals surface area contributed by atoms with Gasteiger partial charge in [0.05, 0.1) is 25.0 Å². The molecule has 0 amide bonds. The zero-order valence-corrected chi connectivity index (χ0v) is 13.8. The number of rotatable bonds is 4. The van der Waals surface area contributed by atoms with Gasteiger partial charge in [0.1, 0.15) is 10.4 Å². The lowest BCUT2D eigenvalue weighted by Crippen LogP contribution is -2.09. The summed E-state index contributed by atoms with van der Waals surface area (Å²) >= 11 is 3.41. The number of anilines is 1. The summed E-state index contributed by atoms with van der Waals surface area (Å²) in [7, 11) is 1.70. The van der Waals surface area contributed by atoms with Crippen LogP contribution < -0.4 is 10.1 Å². The van der Waals surface area contributed by atoms with Crippen LogP contribution in [0.4, 0.5) is 5.69 Å². The fraction of sp³-hybridized carbons (Fsp3) is 0.312. The molecule has 0 spiro atoms. The fourth-order valence-electron chi connectivity index (χ4n) is 2.16. The minimum atomic E-state index is 0.146. The summed E-state index contributed by atoms with van der Waals surface area (Å²) in [5.41, 5.74) is 4.48. The highest BCUT2D eigenvalue weighted by Crippen LogP contribution is 2.29. The molecule has 0 fully saturated rings. The van der Waals surface area contributed by atoms with Crippen LogP contribution in [0.3, 0.4) is 0 Å². The zero-order chi connectivity index (χ0) is 14.7. The van der Waals surface area contributed by atoms with Crippen molar-refractivity contribution in [1.82, 2.24) is 4.98 Å². The molecule has 0 aliphatic carbocycles. The molecular formula is C16H19BrN2O. The van der Waals surface area contributed by atoms with Gasteiger partial charge < -0.3 is 10.1 Å². The lowest BCUT2D eigenvalue weighted by atomic mass is 10.0. The first-order valence-corrected chi connectivity index (χ1v) is 7.33. The molecule has 0 aliphatic rings. The Kier molecular flexibility index (Phi) is 4.65. The van der Waals surface area contributed by atoms with E-state index < -0.39 is 0 Å². The molecule has 1 atom stereocenters. The highest BCUT2D eigenvalue weighted by Gasteiger charge is 2.12. The van der Waals surface area contributed by atoms with E-state index in [9.17, 15) is 0 Å². The second kappa shape index (κ2) is 6.27. The minimum Gasteiger partial charge on any atom is -0.496 e. The van der Waals surface area contributed by atoms with E-state index >= 15 is 0 Å². The van der Waals surface area contributed by atoms with E-state index in [1.165, 1.54) is 5.56 Å². The number of nitrogens with one attached hydrogen (secondary N) is 1. The Bertz CT molecular complexity index is 613. The molecule has 0 radical (unpaired) electrons. The van der Waals surface area contributed by atoms with Gasteiger partial charge in [-0.15, -0.1) is 0 Å². The van der Waals surface area contributed by atoms with Gasteiger partial charge in [-0.05, 0) is 54.4 Å². The van der Waals surface area contributed by atoms with Crippen molar-refractivity contribution >= 4 is 21.6 Å². The van der Waals surface area contributed by atoms with Gasteiger partial charge in [0.15, 0.2) is 0 Å². The largest absolute Gasteiger partial charge is 0.496 e. The van der Waals surface area contributed by atoms with Gasteiger partial charge >= 0.3 is 0 Å². The third kappa shape index (κ3) is 3.31. The van der Waals surface area contributed by atoms with Crippen LogP contribution in [0.25, 0.3) is 0 Å². The standard InChI is InChI=1S/C16H19BrN2O/c1-10-5-6-15(20-4)14(7-10)12(3)19-13-8-11(2)16(17)18-9-13/h5-9,12,19H,1-4H3. The average Bonchev–Trinajstić information content (AvgIpc) is 2.43. The molecule has 0 aliphatic heterocycles. The van der Waals surface area contributed by atoms with Crippen molar-refractivity contribution in [3.05, 3.63) is 51.8 Å². The first-order chi connectivity index (χ1) is 9.51. The van der Waals surface area contributed by atoms with Gasteiger partial charge in [0, 0.05) is 5.56 Å². The average molecular weight is 335 g/mol. The minimum absolute atomic E-state index is 0.146. The third-order valence-corrected chi connectivity index (χ3v) is 4.08. The lowest BCUT2D eigenvalue weighted by Gasteiger charge is -2.19. The molecule has 1 unspecified atom stereocenters. The van der Waals surface area contributed by atoms with Crippen molar-refractivity contribution in [2.24, 2.45) is 0 Å². The number of hydrogen-bond acceptors (Lipinski definition) is 3. The number of ether oxygens (including phenoxy) is 1. The van der Waals surface area contributed by atoms with E-state index in [2.05, 4.69) is 58.3 Å². The number of benzene rings is 1. The van der Waals surface area contributed by atoms with Crippen LogP contribution in [0.15, 0.2) is 35.1 Å². The van der Waals surface area contributed by atoms with Crippen molar-refractivity contribution in [3.63, 3.8) is 0 Å². The Morgan fingerprint density at radius 3 is 2.65 bits per heavy atom. The van der Waals surface area contributed by atoms with Gasteiger partial charge in [-0.2, -0.15) is 0 Å². The predicted molar refractivity (Wildman–Crippen MR) is 86.4 cm³/mol. The molecule has 1 aromatic heterocycles. The van der Waals surface area contributed by atoms with Crippen molar-refractivity contribution < 1.29 is 4.74 Å². The van der Waals surface area contributed by atoms with Crippen molar-refractivity contribution in [1.29, 1.82) is 0 Å². The number of hydrogen-bond donors (Lipinski definition) is 1. The Morgan fingerprint density at radius 2 is 2.00 bits per heavy atom. The molecule has 1 aromatic carbocycles. The molecule has 1 N–H and O–H groups in total. The SMILES string of the molecule is COc1ccc(C)cc1C(C)Nc1cnc(Br)c(C)c1. The lowest BCUT2D eigenvalue weighted by molar-refractivity contribution is 0.408. The van der Waals surface area contributed by atoms with Crippen LogP contribution in [0.5, 0.6) is 5.75 Å². The number of pyridine rings is 1. The van der Waals surface area contributed by atoms with Gasteiger partial charge in [0.25, 0.3) is 0 Å². The molecule has 0 saturated heterocycles. The summed E-state index contributed by atoms with van der Waals surface area (Å²) in [6, 6.07) is 8.44. The maximum atomic E-state index is 5.44. The summed E-state index contributed by atoms with van der Waals surface area (Å²) in [5, 5.41) is 3.46. The predicted octanol–water partition coefficient (Wildman–Crippen LogP) is 4.64.